The van der Waals surface area contributed by atoms with Gasteiger partial charge in [0.25, 0.3) is 5.91 Å². The summed E-state index contributed by atoms with van der Waals surface area (Å²) in [5.41, 5.74) is 3.52. The Bertz CT molecular complexity index is 1060. The number of methoxy groups -OCH3 is 2. The van der Waals surface area contributed by atoms with Gasteiger partial charge in [0.2, 0.25) is 0 Å². The molecule has 180 valence electrons. The third kappa shape index (κ3) is 7.01. The van der Waals surface area contributed by atoms with Gasteiger partial charge in [0.15, 0.2) is 18.1 Å². The lowest BCUT2D eigenvalue weighted by atomic mass is 9.87. The molecule has 0 saturated carbocycles. The van der Waals surface area contributed by atoms with E-state index in [-0.39, 0.29) is 17.9 Å². The summed E-state index contributed by atoms with van der Waals surface area (Å²) in [6, 6.07) is 23.8. The number of rotatable bonds is 10. The SMILES string of the molecule is COc1ccc(CCN(Cc2ccc(C(C)(C)C)cc2)C(=O)COc2ccccc2)cc1OC. The molecule has 5 heteroatoms. The number of carbonyl (C=O) groups is 1. The zero-order chi connectivity index (χ0) is 24.6. The number of nitrogens with zero attached hydrogens (tertiary/aromatic N) is 1. The molecule has 0 heterocycles. The molecule has 3 aromatic rings. The quantitative estimate of drug-likeness (QED) is 0.391. The first-order valence-corrected chi connectivity index (χ1v) is 11.6. The van der Waals surface area contributed by atoms with Crippen molar-refractivity contribution in [2.75, 3.05) is 27.4 Å². The van der Waals surface area contributed by atoms with Crippen LogP contribution in [0.25, 0.3) is 0 Å². The maximum atomic E-state index is 13.1. The predicted molar refractivity (Wildman–Crippen MR) is 136 cm³/mol. The zero-order valence-corrected chi connectivity index (χ0v) is 20.8. The van der Waals surface area contributed by atoms with Gasteiger partial charge >= 0.3 is 0 Å². The molecule has 0 fully saturated rings. The van der Waals surface area contributed by atoms with Crippen molar-refractivity contribution in [3.63, 3.8) is 0 Å². The summed E-state index contributed by atoms with van der Waals surface area (Å²) in [7, 11) is 3.25. The summed E-state index contributed by atoms with van der Waals surface area (Å²) in [6.07, 6.45) is 0.692. The number of hydrogen-bond acceptors (Lipinski definition) is 4. The van der Waals surface area contributed by atoms with Gasteiger partial charge in [0, 0.05) is 13.1 Å². The lowest BCUT2D eigenvalue weighted by molar-refractivity contribution is -0.134. The first-order chi connectivity index (χ1) is 16.3. The van der Waals surface area contributed by atoms with Crippen LogP contribution >= 0.6 is 0 Å². The van der Waals surface area contributed by atoms with Crippen molar-refractivity contribution in [2.24, 2.45) is 0 Å². The van der Waals surface area contributed by atoms with Gasteiger partial charge < -0.3 is 19.1 Å². The Morgan fingerprint density at radius 3 is 2.09 bits per heavy atom. The van der Waals surface area contributed by atoms with E-state index >= 15 is 0 Å². The van der Waals surface area contributed by atoms with Crippen LogP contribution in [0.2, 0.25) is 0 Å². The molecule has 0 aromatic heterocycles. The highest BCUT2D eigenvalue weighted by Gasteiger charge is 2.17. The standard InChI is InChI=1S/C29H35NO4/c1-29(2,3)24-14-11-23(12-15-24)20-30(28(31)21-34-25-9-7-6-8-10-25)18-17-22-13-16-26(32-4)27(19-22)33-5/h6-16,19H,17-18,20-21H2,1-5H3. The van der Waals surface area contributed by atoms with Crippen LogP contribution in [-0.2, 0) is 23.2 Å². The minimum atomic E-state index is -0.0516. The van der Waals surface area contributed by atoms with Crippen LogP contribution in [0.5, 0.6) is 17.2 Å². The molecule has 0 aliphatic carbocycles. The topological polar surface area (TPSA) is 48.0 Å². The Labute approximate surface area is 203 Å². The fourth-order valence-electron chi connectivity index (χ4n) is 3.68. The Morgan fingerprint density at radius 1 is 0.824 bits per heavy atom. The summed E-state index contributed by atoms with van der Waals surface area (Å²) in [5.74, 6) is 2.01. The van der Waals surface area contributed by atoms with Crippen molar-refractivity contribution in [1.29, 1.82) is 0 Å². The third-order valence-electron chi connectivity index (χ3n) is 5.77. The molecule has 0 radical (unpaired) electrons. The van der Waals surface area contributed by atoms with Crippen LogP contribution in [0.3, 0.4) is 0 Å². The van der Waals surface area contributed by atoms with E-state index in [1.807, 2.05) is 53.4 Å². The molecule has 0 atom stereocenters. The number of para-hydroxylation sites is 1. The Hall–Kier alpha value is -3.47. The lowest BCUT2D eigenvalue weighted by Gasteiger charge is -2.24. The molecule has 0 aliphatic heterocycles. The molecule has 5 nitrogen and oxygen atoms in total. The molecule has 0 unspecified atom stereocenters. The molecule has 1 amide bonds. The van der Waals surface area contributed by atoms with Crippen LogP contribution < -0.4 is 14.2 Å². The second kappa shape index (κ2) is 11.6. The largest absolute Gasteiger partial charge is 0.493 e. The minimum absolute atomic E-state index is 0.00395. The normalized spacial score (nSPS) is 11.1. The molecular weight excluding hydrogens is 426 g/mol. The van der Waals surface area contributed by atoms with Crippen LogP contribution in [0.1, 0.15) is 37.5 Å². The highest BCUT2D eigenvalue weighted by molar-refractivity contribution is 5.77. The van der Waals surface area contributed by atoms with E-state index in [0.717, 1.165) is 11.1 Å². The van der Waals surface area contributed by atoms with Gasteiger partial charge in [-0.1, -0.05) is 69.3 Å². The van der Waals surface area contributed by atoms with E-state index in [9.17, 15) is 4.79 Å². The zero-order valence-electron chi connectivity index (χ0n) is 20.8. The molecule has 0 aliphatic rings. The Morgan fingerprint density at radius 2 is 1.47 bits per heavy atom. The Balaban J connectivity index is 1.73. The third-order valence-corrected chi connectivity index (χ3v) is 5.77. The maximum Gasteiger partial charge on any atom is 0.260 e. The maximum absolute atomic E-state index is 13.1. The second-order valence-electron chi connectivity index (χ2n) is 9.30. The number of ether oxygens (including phenoxy) is 3. The van der Waals surface area contributed by atoms with E-state index in [0.29, 0.717) is 36.8 Å². The smallest absolute Gasteiger partial charge is 0.260 e. The predicted octanol–water partition coefficient (Wildman–Crippen LogP) is 5.65. The average Bonchev–Trinajstić information content (AvgIpc) is 2.85. The van der Waals surface area contributed by atoms with E-state index in [1.165, 1.54) is 5.56 Å². The molecular formula is C29H35NO4. The number of carbonyl (C=O) groups excluding carboxylic acids is 1. The Kier molecular flexibility index (Phi) is 8.58. The number of amides is 1. The molecule has 3 aromatic carbocycles. The fraction of sp³-hybridized carbons (Fsp3) is 0.345. The summed E-state index contributed by atoms with van der Waals surface area (Å²) in [4.78, 5) is 15.0. The first kappa shape index (κ1) is 25.2. The molecule has 0 N–H and O–H groups in total. The van der Waals surface area contributed by atoms with E-state index in [4.69, 9.17) is 14.2 Å². The van der Waals surface area contributed by atoms with Crippen LogP contribution in [-0.4, -0.2) is 38.2 Å². The van der Waals surface area contributed by atoms with Crippen molar-refractivity contribution >= 4 is 5.91 Å². The number of benzene rings is 3. The van der Waals surface area contributed by atoms with Crippen molar-refractivity contribution in [3.05, 3.63) is 89.5 Å². The van der Waals surface area contributed by atoms with Crippen molar-refractivity contribution in [1.82, 2.24) is 4.90 Å². The van der Waals surface area contributed by atoms with Crippen LogP contribution in [0.15, 0.2) is 72.8 Å². The summed E-state index contributed by atoms with van der Waals surface area (Å²) >= 11 is 0. The summed E-state index contributed by atoms with van der Waals surface area (Å²) in [6.45, 7) is 7.67. The molecule has 0 saturated heterocycles. The average molecular weight is 462 g/mol. The molecule has 34 heavy (non-hydrogen) atoms. The van der Waals surface area contributed by atoms with Gasteiger partial charge in [-0.15, -0.1) is 0 Å². The highest BCUT2D eigenvalue weighted by Crippen LogP contribution is 2.28. The van der Waals surface area contributed by atoms with Crippen molar-refractivity contribution in [2.45, 2.75) is 39.2 Å². The first-order valence-electron chi connectivity index (χ1n) is 11.6. The van der Waals surface area contributed by atoms with Crippen LogP contribution in [0.4, 0.5) is 0 Å². The molecule has 0 spiro atoms. The lowest BCUT2D eigenvalue weighted by Crippen LogP contribution is -2.36. The van der Waals surface area contributed by atoms with Gasteiger partial charge in [-0.05, 0) is 52.8 Å². The molecule has 0 bridgehead atoms. The highest BCUT2D eigenvalue weighted by atomic mass is 16.5. The summed E-state index contributed by atoms with van der Waals surface area (Å²) < 4.78 is 16.5. The van der Waals surface area contributed by atoms with E-state index in [2.05, 4.69) is 45.0 Å². The van der Waals surface area contributed by atoms with Gasteiger partial charge in [-0.3, -0.25) is 4.79 Å². The van der Waals surface area contributed by atoms with E-state index in [1.54, 1.807) is 14.2 Å². The summed E-state index contributed by atoms with van der Waals surface area (Å²) in [5, 5.41) is 0. The van der Waals surface area contributed by atoms with Gasteiger partial charge in [-0.25, -0.2) is 0 Å². The van der Waals surface area contributed by atoms with Gasteiger partial charge in [-0.2, -0.15) is 0 Å². The van der Waals surface area contributed by atoms with E-state index < -0.39 is 0 Å². The minimum Gasteiger partial charge on any atom is -0.493 e. The number of hydrogen-bond donors (Lipinski definition) is 0. The van der Waals surface area contributed by atoms with Crippen molar-refractivity contribution < 1.29 is 19.0 Å². The fourth-order valence-corrected chi connectivity index (χ4v) is 3.68. The van der Waals surface area contributed by atoms with Gasteiger partial charge in [0.1, 0.15) is 5.75 Å². The van der Waals surface area contributed by atoms with Gasteiger partial charge in [0.05, 0.1) is 14.2 Å². The molecule has 3 rings (SSSR count). The monoisotopic (exact) mass is 461 g/mol. The van der Waals surface area contributed by atoms with Crippen LogP contribution in [0, 0.1) is 0 Å². The second-order valence-corrected chi connectivity index (χ2v) is 9.30. The van der Waals surface area contributed by atoms with Crippen molar-refractivity contribution in [3.8, 4) is 17.2 Å².